The van der Waals surface area contributed by atoms with Crippen molar-refractivity contribution in [3.05, 3.63) is 47.5 Å². The lowest BCUT2D eigenvalue weighted by atomic mass is 9.53. The first kappa shape index (κ1) is 21.4. The summed E-state index contributed by atoms with van der Waals surface area (Å²) in [5.74, 6) is 0.483. The molecule has 0 aliphatic heterocycles. The van der Waals surface area contributed by atoms with Crippen molar-refractivity contribution < 1.29 is 25.8 Å². The van der Waals surface area contributed by atoms with E-state index in [0.29, 0.717) is 44.3 Å². The maximum Gasteiger partial charge on any atom is 0.434 e. The van der Waals surface area contributed by atoms with Gasteiger partial charge in [-0.15, -0.1) is 0 Å². The number of aryl methyl sites for hydroxylation is 2. The Labute approximate surface area is 174 Å². The highest BCUT2D eigenvalue weighted by Gasteiger charge is 2.52. The number of rotatable bonds is 5. The summed E-state index contributed by atoms with van der Waals surface area (Å²) >= 11 is 0. The zero-order valence-corrected chi connectivity index (χ0v) is 17.8. The number of fused-ring (bicyclic) bond motifs is 3. The predicted octanol–water partition coefficient (Wildman–Crippen LogP) is 4.74. The lowest BCUT2D eigenvalue weighted by Gasteiger charge is -2.52. The van der Waals surface area contributed by atoms with E-state index in [0.717, 1.165) is 11.8 Å². The van der Waals surface area contributed by atoms with Crippen molar-refractivity contribution in [2.24, 2.45) is 12.5 Å². The maximum atomic E-state index is 13.1. The molecule has 3 aliphatic rings. The largest absolute Gasteiger partial charge is 0.434 e. The molecule has 1 heterocycles. The van der Waals surface area contributed by atoms with Gasteiger partial charge in [-0.05, 0) is 63.0 Å². The number of alkyl halides is 3. The Morgan fingerprint density at radius 3 is 2.13 bits per heavy atom. The summed E-state index contributed by atoms with van der Waals surface area (Å²) in [7, 11) is -2.22. The van der Waals surface area contributed by atoms with Crippen LogP contribution < -0.4 is 0 Å². The van der Waals surface area contributed by atoms with Crippen LogP contribution in [0.2, 0.25) is 0 Å². The molecule has 0 amide bonds. The van der Waals surface area contributed by atoms with Gasteiger partial charge in [-0.3, -0.25) is 4.18 Å². The van der Waals surface area contributed by atoms with E-state index in [4.69, 9.17) is 4.18 Å². The Bertz CT molecular complexity index is 1020. The molecule has 0 unspecified atom stereocenters. The molecular weight excluding hydrogens is 417 g/mol. The SMILES string of the molecule is Cc1ccc(S(=O)(=O)OCC23CCC(c4nc(C(F)(F)F)cn4C)(CC2)CC3)cc1. The number of hydrogen-bond acceptors (Lipinski definition) is 4. The molecule has 2 bridgehead atoms. The summed E-state index contributed by atoms with van der Waals surface area (Å²) in [5.41, 5.74) is -0.524. The molecule has 3 saturated carbocycles. The number of benzene rings is 1. The molecule has 0 radical (unpaired) electrons. The lowest BCUT2D eigenvalue weighted by Crippen LogP contribution is -2.47. The second-order valence-electron chi connectivity index (χ2n) is 8.87. The molecular formula is C21H25F3N2O3S. The van der Waals surface area contributed by atoms with E-state index < -0.39 is 22.0 Å². The summed E-state index contributed by atoms with van der Waals surface area (Å²) in [5, 5.41) is 0. The van der Waals surface area contributed by atoms with Crippen LogP contribution in [0.4, 0.5) is 13.2 Å². The standard InChI is InChI=1S/C21H25F3N2O3S/c1-15-3-5-16(6-4-15)30(27,28)29-14-19-7-10-20(11-8-19,12-9-19)18-25-17(13-26(18)2)21(22,23)24/h3-6,13H,7-12,14H2,1-2H3. The number of imidazole rings is 1. The number of halogens is 3. The zero-order chi connectivity index (χ0) is 21.8. The summed E-state index contributed by atoms with van der Waals surface area (Å²) in [6.07, 6.45) is 0.783. The van der Waals surface area contributed by atoms with Crippen LogP contribution in [0.25, 0.3) is 0 Å². The molecule has 1 aromatic carbocycles. The second-order valence-corrected chi connectivity index (χ2v) is 10.5. The molecule has 2 aromatic rings. The Morgan fingerprint density at radius 1 is 1.07 bits per heavy atom. The Morgan fingerprint density at radius 2 is 1.63 bits per heavy atom. The predicted molar refractivity (Wildman–Crippen MR) is 104 cm³/mol. The van der Waals surface area contributed by atoms with Crippen LogP contribution in [0.15, 0.2) is 35.4 Å². The van der Waals surface area contributed by atoms with Crippen LogP contribution in [-0.4, -0.2) is 24.6 Å². The Balaban J connectivity index is 1.46. The van der Waals surface area contributed by atoms with Crippen molar-refractivity contribution in [3.63, 3.8) is 0 Å². The molecule has 5 nitrogen and oxygen atoms in total. The quantitative estimate of drug-likeness (QED) is 0.628. The normalized spacial score (nSPS) is 26.8. The van der Waals surface area contributed by atoms with E-state index in [1.807, 2.05) is 6.92 Å². The molecule has 1 aromatic heterocycles. The number of aromatic nitrogens is 2. The highest BCUT2D eigenvalue weighted by Crippen LogP contribution is 2.57. The van der Waals surface area contributed by atoms with E-state index in [-0.39, 0.29) is 22.3 Å². The average Bonchev–Trinajstić information content (AvgIpc) is 3.11. The summed E-state index contributed by atoms with van der Waals surface area (Å²) < 4.78 is 71.2. The third-order valence-electron chi connectivity index (χ3n) is 6.87. The summed E-state index contributed by atoms with van der Waals surface area (Å²) in [6, 6.07) is 6.53. The summed E-state index contributed by atoms with van der Waals surface area (Å²) in [4.78, 5) is 4.08. The van der Waals surface area contributed by atoms with Gasteiger partial charge < -0.3 is 4.57 Å². The van der Waals surface area contributed by atoms with Crippen molar-refractivity contribution in [2.75, 3.05) is 6.61 Å². The molecule has 3 aliphatic carbocycles. The molecule has 0 N–H and O–H groups in total. The first-order valence-electron chi connectivity index (χ1n) is 10.0. The molecule has 0 saturated heterocycles. The van der Waals surface area contributed by atoms with Gasteiger partial charge in [0.15, 0.2) is 5.69 Å². The Kier molecular flexibility index (Phi) is 5.05. The second kappa shape index (κ2) is 7.09. The van der Waals surface area contributed by atoms with Crippen LogP contribution >= 0.6 is 0 Å². The van der Waals surface area contributed by atoms with Gasteiger partial charge in [-0.1, -0.05) is 17.7 Å². The van der Waals surface area contributed by atoms with Crippen molar-refractivity contribution in [2.45, 2.75) is 61.9 Å². The van der Waals surface area contributed by atoms with Gasteiger partial charge >= 0.3 is 6.18 Å². The van der Waals surface area contributed by atoms with E-state index in [9.17, 15) is 21.6 Å². The van der Waals surface area contributed by atoms with Gasteiger partial charge in [-0.2, -0.15) is 21.6 Å². The topological polar surface area (TPSA) is 61.2 Å². The lowest BCUT2D eigenvalue weighted by molar-refractivity contribution is -0.141. The van der Waals surface area contributed by atoms with Crippen LogP contribution in [0, 0.1) is 12.3 Å². The average molecular weight is 443 g/mol. The summed E-state index contributed by atoms with van der Waals surface area (Å²) in [6.45, 7) is 1.99. The third kappa shape index (κ3) is 3.77. The monoisotopic (exact) mass is 442 g/mol. The fraction of sp³-hybridized carbons (Fsp3) is 0.571. The van der Waals surface area contributed by atoms with Gasteiger partial charge in [0.2, 0.25) is 0 Å². The third-order valence-corrected chi connectivity index (χ3v) is 8.15. The van der Waals surface area contributed by atoms with Gasteiger partial charge in [-0.25, -0.2) is 4.98 Å². The fourth-order valence-corrected chi connectivity index (χ4v) is 5.90. The van der Waals surface area contributed by atoms with Gasteiger partial charge in [0.1, 0.15) is 5.82 Å². The van der Waals surface area contributed by atoms with Crippen molar-refractivity contribution in [3.8, 4) is 0 Å². The molecule has 0 spiro atoms. The van der Waals surface area contributed by atoms with Crippen LogP contribution in [0.5, 0.6) is 0 Å². The smallest absolute Gasteiger partial charge is 0.337 e. The van der Waals surface area contributed by atoms with Crippen LogP contribution in [-0.2, 0) is 32.9 Å². The van der Waals surface area contributed by atoms with Crippen molar-refractivity contribution in [1.82, 2.24) is 9.55 Å². The number of nitrogens with zero attached hydrogens (tertiary/aromatic N) is 2. The minimum absolute atomic E-state index is 0.105. The minimum atomic E-state index is -4.46. The molecule has 30 heavy (non-hydrogen) atoms. The van der Waals surface area contributed by atoms with Crippen molar-refractivity contribution >= 4 is 10.1 Å². The first-order chi connectivity index (χ1) is 13.9. The Hall–Kier alpha value is -1.87. The molecule has 164 valence electrons. The first-order valence-corrected chi connectivity index (χ1v) is 11.4. The maximum absolute atomic E-state index is 13.1. The van der Waals surface area contributed by atoms with E-state index >= 15 is 0 Å². The van der Waals surface area contributed by atoms with Crippen LogP contribution in [0.3, 0.4) is 0 Å². The highest BCUT2D eigenvalue weighted by atomic mass is 32.2. The van der Waals surface area contributed by atoms with E-state index in [1.54, 1.807) is 19.2 Å². The highest BCUT2D eigenvalue weighted by molar-refractivity contribution is 7.86. The zero-order valence-electron chi connectivity index (χ0n) is 17.0. The van der Waals surface area contributed by atoms with Gasteiger partial charge in [0.05, 0.1) is 11.5 Å². The van der Waals surface area contributed by atoms with E-state index in [2.05, 4.69) is 4.98 Å². The minimum Gasteiger partial charge on any atom is -0.337 e. The van der Waals surface area contributed by atoms with Crippen LogP contribution in [0.1, 0.15) is 55.6 Å². The fourth-order valence-electron chi connectivity index (χ4n) is 4.89. The molecule has 5 rings (SSSR count). The van der Waals surface area contributed by atoms with Gasteiger partial charge in [0.25, 0.3) is 10.1 Å². The molecule has 3 fully saturated rings. The molecule has 0 atom stereocenters. The number of hydrogen-bond donors (Lipinski definition) is 0. The molecule has 9 heteroatoms. The van der Waals surface area contributed by atoms with Crippen molar-refractivity contribution in [1.29, 1.82) is 0 Å². The van der Waals surface area contributed by atoms with E-state index in [1.165, 1.54) is 16.7 Å². The van der Waals surface area contributed by atoms with Gasteiger partial charge in [0, 0.05) is 18.7 Å².